The van der Waals surface area contributed by atoms with Crippen molar-refractivity contribution < 1.29 is 22.8 Å². The number of carbonyl (C=O) groups excluding carboxylic acids is 2. The lowest BCUT2D eigenvalue weighted by atomic mass is 9.85. The van der Waals surface area contributed by atoms with Gasteiger partial charge < -0.3 is 14.6 Å². The molecule has 4 heterocycles. The van der Waals surface area contributed by atoms with Crippen molar-refractivity contribution in [1.82, 2.24) is 35.1 Å². The molecule has 1 N–H and O–H groups in total. The smallest absolute Gasteiger partial charge is 0.275 e. The number of piperidine rings is 1. The summed E-state index contributed by atoms with van der Waals surface area (Å²) in [7, 11) is 0. The molecule has 1 unspecified atom stereocenters. The third-order valence-electron chi connectivity index (χ3n) is 8.22. The van der Waals surface area contributed by atoms with Crippen LogP contribution in [0.3, 0.4) is 0 Å². The van der Waals surface area contributed by atoms with Crippen LogP contribution in [0.5, 0.6) is 0 Å². The Balaban J connectivity index is 1.07. The van der Waals surface area contributed by atoms with Gasteiger partial charge in [0.2, 0.25) is 11.8 Å². The number of tetrazole rings is 1. The quantitative estimate of drug-likeness (QED) is 0.284. The monoisotopic (exact) mass is 598 g/mol. The fourth-order valence-corrected chi connectivity index (χ4v) is 5.78. The van der Waals surface area contributed by atoms with E-state index in [1.807, 2.05) is 30.3 Å². The van der Waals surface area contributed by atoms with Gasteiger partial charge in [-0.2, -0.15) is 4.80 Å². The maximum atomic E-state index is 15.8. The molecule has 1 aliphatic carbocycles. The number of pyridine rings is 1. The molecule has 2 aromatic carbocycles. The standard InChI is InChI=1S/C31H28F2N8O3/c1-17-37-39-41(38-17)28(18-5-3-2-4-6-18)19-10-13-40(14-11-19)31(43)27-26(33)21(9-12-34-27)30-36-24-15-20(7-8-25(24)44-30)35-29(42)22-16-23(22)32/h2-9,12,15,19,22-23,28H,10-11,13-14,16H2,1H3,(H,35,42)/t22-,23+,28?/m1/s1. The number of aryl methyl sites for hydroxylation is 1. The number of alkyl halides is 1. The first-order valence-electron chi connectivity index (χ1n) is 14.5. The largest absolute Gasteiger partial charge is 0.436 e. The van der Waals surface area contributed by atoms with E-state index in [-0.39, 0.29) is 35.5 Å². The van der Waals surface area contributed by atoms with Crippen LogP contribution in [-0.2, 0) is 4.79 Å². The Morgan fingerprint density at radius 1 is 1.09 bits per heavy atom. The summed E-state index contributed by atoms with van der Waals surface area (Å²) >= 11 is 0. The zero-order chi connectivity index (χ0) is 30.4. The van der Waals surface area contributed by atoms with Crippen molar-refractivity contribution in [3.63, 3.8) is 0 Å². The van der Waals surface area contributed by atoms with Gasteiger partial charge in [-0.1, -0.05) is 30.3 Å². The number of benzene rings is 2. The number of fused-ring (bicyclic) bond motifs is 1. The zero-order valence-electron chi connectivity index (χ0n) is 23.7. The molecule has 13 heteroatoms. The highest BCUT2D eigenvalue weighted by Crippen LogP contribution is 2.36. The third-order valence-corrected chi connectivity index (χ3v) is 8.22. The first-order valence-corrected chi connectivity index (χ1v) is 14.5. The molecule has 2 aliphatic rings. The number of oxazole rings is 1. The number of anilines is 1. The van der Waals surface area contributed by atoms with E-state index in [9.17, 15) is 14.0 Å². The summed E-state index contributed by atoms with van der Waals surface area (Å²) in [4.78, 5) is 37.3. The van der Waals surface area contributed by atoms with E-state index in [2.05, 4.69) is 30.7 Å². The molecule has 0 bridgehead atoms. The minimum absolute atomic E-state index is 0.00459. The number of nitrogens with zero attached hydrogens (tertiary/aromatic N) is 7. The van der Waals surface area contributed by atoms with Gasteiger partial charge in [0.05, 0.1) is 11.5 Å². The molecule has 0 radical (unpaired) electrons. The lowest BCUT2D eigenvalue weighted by molar-refractivity contribution is -0.117. The van der Waals surface area contributed by atoms with E-state index in [4.69, 9.17) is 4.42 Å². The van der Waals surface area contributed by atoms with Gasteiger partial charge in [0, 0.05) is 25.0 Å². The Bertz CT molecular complexity index is 1850. The molecular formula is C31H28F2N8O3. The van der Waals surface area contributed by atoms with Gasteiger partial charge in [0.15, 0.2) is 22.9 Å². The Morgan fingerprint density at radius 2 is 1.86 bits per heavy atom. The van der Waals surface area contributed by atoms with Crippen LogP contribution in [0, 0.1) is 24.6 Å². The lowest BCUT2D eigenvalue weighted by Gasteiger charge is -2.35. The van der Waals surface area contributed by atoms with E-state index in [0.717, 1.165) is 5.56 Å². The lowest BCUT2D eigenvalue weighted by Crippen LogP contribution is -2.41. The second-order valence-electron chi connectivity index (χ2n) is 11.2. The molecule has 3 aromatic heterocycles. The van der Waals surface area contributed by atoms with Crippen LogP contribution in [0.2, 0.25) is 0 Å². The van der Waals surface area contributed by atoms with Crippen LogP contribution in [-0.4, -0.2) is 66.2 Å². The van der Waals surface area contributed by atoms with Crippen LogP contribution in [0.4, 0.5) is 14.5 Å². The molecule has 1 saturated carbocycles. The molecule has 44 heavy (non-hydrogen) atoms. The fraction of sp³-hybridized carbons (Fsp3) is 0.323. The maximum absolute atomic E-state index is 15.8. The van der Waals surface area contributed by atoms with Crippen molar-refractivity contribution >= 4 is 28.6 Å². The van der Waals surface area contributed by atoms with Crippen molar-refractivity contribution in [3.05, 3.63) is 83.7 Å². The van der Waals surface area contributed by atoms with Gasteiger partial charge in [-0.05, 0) is 67.1 Å². The second-order valence-corrected chi connectivity index (χ2v) is 11.2. The first-order chi connectivity index (χ1) is 21.4. The average Bonchev–Trinajstić information content (AvgIpc) is 3.39. The number of halogens is 2. The molecule has 7 rings (SSSR count). The van der Waals surface area contributed by atoms with E-state index in [0.29, 0.717) is 48.5 Å². The molecule has 0 spiro atoms. The van der Waals surface area contributed by atoms with Crippen LogP contribution in [0.15, 0.2) is 65.2 Å². The molecule has 1 aliphatic heterocycles. The van der Waals surface area contributed by atoms with E-state index >= 15 is 4.39 Å². The molecule has 2 amide bonds. The molecule has 2 fully saturated rings. The van der Waals surface area contributed by atoms with Crippen molar-refractivity contribution in [1.29, 1.82) is 0 Å². The Hall–Kier alpha value is -5.07. The summed E-state index contributed by atoms with van der Waals surface area (Å²) in [6, 6.07) is 16.0. The molecule has 3 atom stereocenters. The average molecular weight is 599 g/mol. The number of likely N-dealkylation sites (tertiary alicyclic amines) is 1. The Morgan fingerprint density at radius 3 is 2.57 bits per heavy atom. The maximum Gasteiger partial charge on any atom is 0.275 e. The number of nitrogens with one attached hydrogen (secondary N) is 1. The molecule has 5 aromatic rings. The topological polar surface area (TPSA) is 132 Å². The highest BCUT2D eigenvalue weighted by molar-refractivity contribution is 5.96. The summed E-state index contributed by atoms with van der Waals surface area (Å²) in [5.74, 6) is -1.68. The van der Waals surface area contributed by atoms with Crippen LogP contribution >= 0.6 is 0 Å². The van der Waals surface area contributed by atoms with Gasteiger partial charge in [-0.15, -0.1) is 10.2 Å². The summed E-state index contributed by atoms with van der Waals surface area (Å²) in [6.07, 6.45) is 1.78. The first kappa shape index (κ1) is 27.7. The summed E-state index contributed by atoms with van der Waals surface area (Å²) in [6.45, 7) is 2.61. The third kappa shape index (κ3) is 5.29. The number of aromatic nitrogens is 6. The highest BCUT2D eigenvalue weighted by Gasteiger charge is 2.43. The molecule has 11 nitrogen and oxygen atoms in total. The summed E-state index contributed by atoms with van der Waals surface area (Å²) in [5, 5.41) is 15.4. The predicted molar refractivity (Wildman–Crippen MR) is 155 cm³/mol. The van der Waals surface area contributed by atoms with Gasteiger partial charge in [-0.3, -0.25) is 9.59 Å². The van der Waals surface area contributed by atoms with Crippen molar-refractivity contribution in [2.24, 2.45) is 11.8 Å². The minimum atomic E-state index is -1.11. The number of amides is 2. The number of hydrogen-bond acceptors (Lipinski definition) is 8. The van der Waals surface area contributed by atoms with Gasteiger partial charge in [0.1, 0.15) is 17.7 Å². The van der Waals surface area contributed by atoms with Crippen molar-refractivity contribution in [3.8, 4) is 11.5 Å². The normalized spacial score (nSPS) is 19.2. The van der Waals surface area contributed by atoms with Crippen LogP contribution in [0.1, 0.15) is 47.2 Å². The Kier molecular flexibility index (Phi) is 7.07. The SMILES string of the molecule is Cc1nnn(C(c2ccccc2)C2CCN(C(=O)c3nccc(-c4nc5cc(NC(=O)[C@@H]6C[C@@H]6F)ccc5o4)c3F)CC2)n1. The second kappa shape index (κ2) is 11.2. The van der Waals surface area contributed by atoms with Crippen LogP contribution in [0.25, 0.3) is 22.6 Å². The zero-order valence-corrected chi connectivity index (χ0v) is 23.7. The van der Waals surface area contributed by atoms with Gasteiger partial charge in [0.25, 0.3) is 5.91 Å². The minimum Gasteiger partial charge on any atom is -0.436 e. The van der Waals surface area contributed by atoms with E-state index in [1.54, 1.807) is 34.8 Å². The molecular weight excluding hydrogens is 570 g/mol. The van der Waals surface area contributed by atoms with Crippen molar-refractivity contribution in [2.75, 3.05) is 18.4 Å². The van der Waals surface area contributed by atoms with Gasteiger partial charge in [-0.25, -0.2) is 18.7 Å². The summed E-state index contributed by atoms with van der Waals surface area (Å²) in [5.41, 5.74) is 1.91. The van der Waals surface area contributed by atoms with E-state index in [1.165, 1.54) is 12.3 Å². The summed E-state index contributed by atoms with van der Waals surface area (Å²) < 4.78 is 34.8. The fourth-order valence-electron chi connectivity index (χ4n) is 5.78. The number of hydrogen-bond donors (Lipinski definition) is 1. The van der Waals surface area contributed by atoms with Crippen molar-refractivity contribution in [2.45, 2.75) is 38.4 Å². The predicted octanol–water partition coefficient (Wildman–Crippen LogP) is 4.76. The number of carbonyl (C=O) groups is 2. The molecule has 224 valence electrons. The highest BCUT2D eigenvalue weighted by atomic mass is 19.1. The van der Waals surface area contributed by atoms with Gasteiger partial charge >= 0.3 is 0 Å². The number of rotatable bonds is 7. The Labute approximate surface area is 250 Å². The van der Waals surface area contributed by atoms with Crippen LogP contribution < -0.4 is 5.32 Å². The van der Waals surface area contributed by atoms with E-state index < -0.39 is 29.7 Å². The molecule has 1 saturated heterocycles.